The first-order valence-corrected chi connectivity index (χ1v) is 10.4. The average Bonchev–Trinajstić information content (AvgIpc) is 2.55. The Balaban J connectivity index is 0.00000392. The molecule has 11 heteroatoms. The molecule has 1 aromatic carbocycles. The molecule has 0 saturated carbocycles. The Labute approximate surface area is 171 Å². The molecular formula is C17H26ClN3O6S. The highest BCUT2D eigenvalue weighted by Crippen LogP contribution is 2.11. The van der Waals surface area contributed by atoms with Crippen LogP contribution in [0, 0.1) is 6.92 Å². The number of amides is 1. The topological polar surface area (TPSA) is 116 Å². The molecule has 1 atom stereocenters. The van der Waals surface area contributed by atoms with Gasteiger partial charge in [0.1, 0.15) is 6.54 Å². The molecule has 1 saturated heterocycles. The number of nitrogens with one attached hydrogen (secondary N) is 1. The van der Waals surface area contributed by atoms with Crippen LogP contribution in [0.1, 0.15) is 5.56 Å². The molecule has 2 rings (SSSR count). The zero-order chi connectivity index (χ0) is 20.0. The Bertz CT molecular complexity index is 772. The van der Waals surface area contributed by atoms with E-state index in [4.69, 9.17) is 9.84 Å². The van der Waals surface area contributed by atoms with Crippen molar-refractivity contribution in [3.63, 3.8) is 0 Å². The van der Waals surface area contributed by atoms with Crippen LogP contribution in [0.4, 0.5) is 5.69 Å². The average molecular weight is 436 g/mol. The molecule has 0 aromatic heterocycles. The number of ether oxygens (including phenoxy) is 1. The second-order valence-electron chi connectivity index (χ2n) is 6.59. The van der Waals surface area contributed by atoms with Gasteiger partial charge < -0.3 is 15.2 Å². The van der Waals surface area contributed by atoms with Crippen molar-refractivity contribution >= 4 is 40.0 Å². The molecule has 1 fully saturated rings. The number of halogens is 1. The predicted molar refractivity (Wildman–Crippen MR) is 107 cm³/mol. The molecule has 158 valence electrons. The maximum absolute atomic E-state index is 12.2. The van der Waals surface area contributed by atoms with Crippen molar-refractivity contribution in [3.05, 3.63) is 29.8 Å². The SMILES string of the molecule is Cc1ccc(NC(=O)CN2CCOC(CN(CC(=O)O)S(C)(=O)=O)C2)cc1.Cl. The number of hydrogen-bond donors (Lipinski definition) is 2. The van der Waals surface area contributed by atoms with Gasteiger partial charge in [0.2, 0.25) is 15.9 Å². The lowest BCUT2D eigenvalue weighted by Crippen LogP contribution is -2.51. The van der Waals surface area contributed by atoms with Gasteiger partial charge in [-0.1, -0.05) is 17.7 Å². The highest BCUT2D eigenvalue weighted by atomic mass is 35.5. The minimum atomic E-state index is -3.67. The number of sulfonamides is 1. The molecule has 0 radical (unpaired) electrons. The summed E-state index contributed by atoms with van der Waals surface area (Å²) >= 11 is 0. The summed E-state index contributed by atoms with van der Waals surface area (Å²) in [6, 6.07) is 7.46. The minimum Gasteiger partial charge on any atom is -0.480 e. The van der Waals surface area contributed by atoms with E-state index in [1.165, 1.54) is 0 Å². The van der Waals surface area contributed by atoms with E-state index in [0.717, 1.165) is 16.1 Å². The largest absolute Gasteiger partial charge is 0.480 e. The molecule has 2 N–H and O–H groups in total. The number of rotatable bonds is 8. The fraction of sp³-hybridized carbons (Fsp3) is 0.529. The van der Waals surface area contributed by atoms with E-state index in [1.807, 2.05) is 36.1 Å². The number of anilines is 1. The van der Waals surface area contributed by atoms with E-state index in [0.29, 0.717) is 25.4 Å². The molecule has 1 aliphatic heterocycles. The van der Waals surface area contributed by atoms with Gasteiger partial charge in [0, 0.05) is 25.3 Å². The molecule has 28 heavy (non-hydrogen) atoms. The van der Waals surface area contributed by atoms with Gasteiger partial charge in [0.15, 0.2) is 0 Å². The minimum absolute atomic E-state index is 0. The molecule has 9 nitrogen and oxygen atoms in total. The molecule has 1 amide bonds. The van der Waals surface area contributed by atoms with Gasteiger partial charge in [-0.05, 0) is 19.1 Å². The van der Waals surface area contributed by atoms with Crippen LogP contribution in [-0.2, 0) is 24.3 Å². The fourth-order valence-electron chi connectivity index (χ4n) is 2.77. The summed E-state index contributed by atoms with van der Waals surface area (Å²) in [5.41, 5.74) is 1.81. The van der Waals surface area contributed by atoms with Gasteiger partial charge in [0.25, 0.3) is 0 Å². The summed E-state index contributed by atoms with van der Waals surface area (Å²) in [5.74, 6) is -1.41. The fourth-order valence-corrected chi connectivity index (χ4v) is 3.55. The summed E-state index contributed by atoms with van der Waals surface area (Å²) in [6.07, 6.45) is 0.464. The van der Waals surface area contributed by atoms with E-state index in [1.54, 1.807) is 0 Å². The number of carboxylic acid groups (broad SMARTS) is 1. The van der Waals surface area contributed by atoms with Crippen molar-refractivity contribution in [1.82, 2.24) is 9.21 Å². The highest BCUT2D eigenvalue weighted by molar-refractivity contribution is 7.88. The van der Waals surface area contributed by atoms with Crippen molar-refractivity contribution in [2.45, 2.75) is 13.0 Å². The Hall–Kier alpha value is -1.72. The van der Waals surface area contributed by atoms with E-state index < -0.39 is 28.6 Å². The van der Waals surface area contributed by atoms with E-state index >= 15 is 0 Å². The first kappa shape index (κ1) is 24.3. The number of nitrogens with zero attached hydrogens (tertiary/aromatic N) is 2. The van der Waals surface area contributed by atoms with Crippen LogP contribution < -0.4 is 5.32 Å². The van der Waals surface area contributed by atoms with Crippen molar-refractivity contribution in [3.8, 4) is 0 Å². The van der Waals surface area contributed by atoms with Crippen molar-refractivity contribution in [1.29, 1.82) is 0 Å². The smallest absolute Gasteiger partial charge is 0.318 e. The molecule has 1 unspecified atom stereocenters. The van der Waals surface area contributed by atoms with E-state index in [-0.39, 0.29) is 31.4 Å². The lowest BCUT2D eigenvalue weighted by molar-refractivity contribution is -0.137. The van der Waals surface area contributed by atoms with Crippen LogP contribution in [0.15, 0.2) is 24.3 Å². The van der Waals surface area contributed by atoms with Crippen LogP contribution in [0.2, 0.25) is 0 Å². The first-order chi connectivity index (χ1) is 12.6. The normalized spacial score (nSPS) is 17.8. The number of carbonyl (C=O) groups is 2. The number of hydrogen-bond acceptors (Lipinski definition) is 6. The summed E-state index contributed by atoms with van der Waals surface area (Å²) in [7, 11) is -3.67. The van der Waals surface area contributed by atoms with Gasteiger partial charge >= 0.3 is 5.97 Å². The standard InChI is InChI=1S/C17H25N3O6S.ClH/c1-13-3-5-14(6-4-13)18-16(21)11-19-7-8-26-15(9-19)10-20(12-17(22)23)27(2,24)25;/h3-6,15H,7-12H2,1-2H3,(H,18,21)(H,22,23);1H. The second kappa shape index (κ2) is 10.7. The van der Waals surface area contributed by atoms with Crippen LogP contribution in [0.3, 0.4) is 0 Å². The Morgan fingerprint density at radius 3 is 2.54 bits per heavy atom. The predicted octanol–water partition coefficient (Wildman–Crippen LogP) is 0.402. The number of aryl methyl sites for hydroxylation is 1. The highest BCUT2D eigenvalue weighted by Gasteiger charge is 2.28. The van der Waals surface area contributed by atoms with E-state index in [9.17, 15) is 18.0 Å². The summed E-state index contributed by atoms with van der Waals surface area (Å²) < 4.78 is 29.9. The van der Waals surface area contributed by atoms with Crippen molar-refractivity contribution in [2.24, 2.45) is 0 Å². The number of carbonyl (C=O) groups excluding carboxylic acids is 1. The van der Waals surface area contributed by atoms with Crippen molar-refractivity contribution in [2.75, 3.05) is 50.9 Å². The van der Waals surface area contributed by atoms with Crippen LogP contribution in [0.5, 0.6) is 0 Å². The van der Waals surface area contributed by atoms with Gasteiger partial charge in [-0.3, -0.25) is 14.5 Å². The monoisotopic (exact) mass is 435 g/mol. The Kier molecular flexibility index (Phi) is 9.31. The maximum atomic E-state index is 12.2. The lowest BCUT2D eigenvalue weighted by Gasteiger charge is -2.34. The zero-order valence-corrected chi connectivity index (χ0v) is 17.5. The third-order valence-corrected chi connectivity index (χ3v) is 5.33. The molecule has 1 heterocycles. The third kappa shape index (κ3) is 8.11. The first-order valence-electron chi connectivity index (χ1n) is 8.51. The number of carboxylic acids is 1. The van der Waals surface area contributed by atoms with Crippen LogP contribution in [-0.4, -0.2) is 86.3 Å². The molecule has 0 spiro atoms. The van der Waals surface area contributed by atoms with Gasteiger partial charge in [0.05, 0.1) is 25.5 Å². The third-order valence-electron chi connectivity index (χ3n) is 4.11. The Morgan fingerprint density at radius 1 is 1.32 bits per heavy atom. The summed E-state index contributed by atoms with van der Waals surface area (Å²) in [4.78, 5) is 25.0. The lowest BCUT2D eigenvalue weighted by atomic mass is 10.2. The van der Waals surface area contributed by atoms with Gasteiger partial charge in [-0.2, -0.15) is 4.31 Å². The van der Waals surface area contributed by atoms with Crippen LogP contribution >= 0.6 is 12.4 Å². The second-order valence-corrected chi connectivity index (χ2v) is 8.57. The quantitative estimate of drug-likeness (QED) is 0.607. The molecule has 0 aliphatic carbocycles. The van der Waals surface area contributed by atoms with Gasteiger partial charge in [-0.25, -0.2) is 8.42 Å². The van der Waals surface area contributed by atoms with Crippen LogP contribution in [0.25, 0.3) is 0 Å². The number of morpholine rings is 1. The number of benzene rings is 1. The molecule has 0 bridgehead atoms. The molecule has 1 aliphatic rings. The maximum Gasteiger partial charge on any atom is 0.318 e. The molecular weight excluding hydrogens is 410 g/mol. The number of aliphatic carboxylic acids is 1. The van der Waals surface area contributed by atoms with E-state index in [2.05, 4.69) is 5.32 Å². The summed E-state index contributed by atoms with van der Waals surface area (Å²) in [5, 5.41) is 11.7. The van der Waals surface area contributed by atoms with Crippen molar-refractivity contribution < 1.29 is 27.9 Å². The molecule has 1 aromatic rings. The Morgan fingerprint density at radius 2 is 1.96 bits per heavy atom. The van der Waals surface area contributed by atoms with Gasteiger partial charge in [-0.15, -0.1) is 12.4 Å². The zero-order valence-electron chi connectivity index (χ0n) is 15.8. The summed E-state index contributed by atoms with van der Waals surface area (Å²) in [6.45, 7) is 2.64.